The molecular formula is C17H28O4. The maximum Gasteiger partial charge on any atom is 0.332 e. The second kappa shape index (κ2) is 8.20. The highest BCUT2D eigenvalue weighted by atomic mass is 16.4. The van der Waals surface area contributed by atoms with Gasteiger partial charge in [-0.15, -0.1) is 0 Å². The van der Waals surface area contributed by atoms with Gasteiger partial charge < -0.3 is 10.2 Å². The highest BCUT2D eigenvalue weighted by Gasteiger charge is 2.49. The predicted molar refractivity (Wildman–Crippen MR) is 82.2 cm³/mol. The smallest absolute Gasteiger partial charge is 0.332 e. The molecule has 0 bridgehead atoms. The fourth-order valence-corrected chi connectivity index (χ4v) is 3.65. The van der Waals surface area contributed by atoms with E-state index in [1.807, 2.05) is 6.92 Å². The maximum absolute atomic E-state index is 12.0. The van der Waals surface area contributed by atoms with Crippen LogP contribution in [0.3, 0.4) is 0 Å². The predicted octanol–water partition coefficient (Wildman–Crippen LogP) is 4.25. The zero-order valence-electron chi connectivity index (χ0n) is 13.2. The van der Waals surface area contributed by atoms with Crippen LogP contribution in [0.4, 0.5) is 0 Å². The molecule has 0 aliphatic heterocycles. The fourth-order valence-electron chi connectivity index (χ4n) is 3.65. The molecule has 1 rings (SSSR count). The Morgan fingerprint density at radius 2 is 1.76 bits per heavy atom. The molecule has 4 nitrogen and oxygen atoms in total. The number of unbranched alkanes of at least 4 members (excludes halogenated alkanes) is 2. The molecule has 1 saturated carbocycles. The van der Waals surface area contributed by atoms with E-state index in [4.69, 9.17) is 0 Å². The lowest BCUT2D eigenvalue weighted by Crippen LogP contribution is -2.43. The molecule has 0 heterocycles. The van der Waals surface area contributed by atoms with Crippen LogP contribution in [-0.4, -0.2) is 22.2 Å². The number of aliphatic carboxylic acids is 2. The minimum absolute atomic E-state index is 0.0577. The lowest BCUT2D eigenvalue weighted by atomic mass is 9.63. The van der Waals surface area contributed by atoms with Crippen molar-refractivity contribution in [1.29, 1.82) is 0 Å². The molecular weight excluding hydrogens is 268 g/mol. The molecule has 1 fully saturated rings. The number of rotatable bonds is 8. The summed E-state index contributed by atoms with van der Waals surface area (Å²) in [4.78, 5) is 23.7. The van der Waals surface area contributed by atoms with Gasteiger partial charge in [-0.1, -0.05) is 52.0 Å². The topological polar surface area (TPSA) is 74.6 Å². The first-order valence-corrected chi connectivity index (χ1v) is 8.18. The summed E-state index contributed by atoms with van der Waals surface area (Å²) in [5.74, 6) is -2.10. The molecule has 0 aromatic rings. The van der Waals surface area contributed by atoms with Crippen molar-refractivity contribution in [1.82, 2.24) is 0 Å². The summed E-state index contributed by atoms with van der Waals surface area (Å²) >= 11 is 0. The summed E-state index contributed by atoms with van der Waals surface area (Å²) < 4.78 is 0. The number of carboxylic acid groups (broad SMARTS) is 2. The van der Waals surface area contributed by atoms with Crippen molar-refractivity contribution in [3.05, 3.63) is 11.6 Å². The molecule has 1 aliphatic carbocycles. The first kappa shape index (κ1) is 17.7. The van der Waals surface area contributed by atoms with Gasteiger partial charge >= 0.3 is 11.9 Å². The van der Waals surface area contributed by atoms with Crippen LogP contribution in [0, 0.1) is 11.3 Å². The van der Waals surface area contributed by atoms with Gasteiger partial charge in [0.25, 0.3) is 0 Å². The lowest BCUT2D eigenvalue weighted by molar-refractivity contribution is -0.154. The molecule has 0 aromatic heterocycles. The summed E-state index contributed by atoms with van der Waals surface area (Å²) in [5.41, 5.74) is -1.11. The van der Waals surface area contributed by atoms with Gasteiger partial charge in [0.15, 0.2) is 0 Å². The molecule has 0 aromatic carbocycles. The number of hydrogen-bond acceptors (Lipinski definition) is 2. The fraction of sp³-hybridized carbons (Fsp3) is 0.765. The number of carbonyl (C=O) groups is 2. The summed E-state index contributed by atoms with van der Waals surface area (Å²) in [6.45, 7) is 3.85. The van der Waals surface area contributed by atoms with E-state index in [2.05, 4.69) is 0 Å². The Morgan fingerprint density at radius 3 is 2.19 bits per heavy atom. The van der Waals surface area contributed by atoms with Crippen molar-refractivity contribution < 1.29 is 19.8 Å². The second-order valence-electron chi connectivity index (χ2n) is 6.03. The van der Waals surface area contributed by atoms with Crippen LogP contribution in [0.2, 0.25) is 0 Å². The van der Waals surface area contributed by atoms with Gasteiger partial charge in [-0.2, -0.15) is 0 Å². The third-order valence-corrected chi connectivity index (χ3v) is 4.86. The lowest BCUT2D eigenvalue weighted by Gasteiger charge is -2.39. The van der Waals surface area contributed by atoms with Crippen molar-refractivity contribution >= 4 is 11.9 Å². The first-order valence-electron chi connectivity index (χ1n) is 8.18. The third kappa shape index (κ3) is 3.86. The molecule has 0 radical (unpaired) electrons. The van der Waals surface area contributed by atoms with Gasteiger partial charge in [0.2, 0.25) is 0 Å². The molecule has 0 amide bonds. The monoisotopic (exact) mass is 296 g/mol. The summed E-state index contributed by atoms with van der Waals surface area (Å²) in [5, 5.41) is 19.4. The van der Waals surface area contributed by atoms with E-state index in [0.717, 1.165) is 44.9 Å². The SMILES string of the molecule is CCCCC=C(C(=O)O)C(CC)(C(=O)O)C1CCCCC1. The summed E-state index contributed by atoms with van der Waals surface area (Å²) in [6.07, 6.45) is 9.27. The van der Waals surface area contributed by atoms with E-state index in [9.17, 15) is 19.8 Å². The van der Waals surface area contributed by atoms with Gasteiger partial charge in [0.05, 0.1) is 5.57 Å². The summed E-state index contributed by atoms with van der Waals surface area (Å²) in [7, 11) is 0. The van der Waals surface area contributed by atoms with Gasteiger partial charge in [0, 0.05) is 0 Å². The van der Waals surface area contributed by atoms with Crippen molar-refractivity contribution in [3.8, 4) is 0 Å². The highest BCUT2D eigenvalue weighted by Crippen LogP contribution is 2.47. The molecule has 1 unspecified atom stereocenters. The number of carboxylic acids is 2. The Morgan fingerprint density at radius 1 is 1.14 bits per heavy atom. The van der Waals surface area contributed by atoms with Crippen molar-refractivity contribution in [2.75, 3.05) is 0 Å². The molecule has 1 atom stereocenters. The van der Waals surface area contributed by atoms with E-state index in [1.165, 1.54) is 0 Å². The first-order chi connectivity index (χ1) is 10.0. The van der Waals surface area contributed by atoms with E-state index in [0.29, 0.717) is 12.8 Å². The normalized spacial score (nSPS) is 20.0. The van der Waals surface area contributed by atoms with Crippen molar-refractivity contribution in [2.24, 2.45) is 11.3 Å². The molecule has 2 N–H and O–H groups in total. The van der Waals surface area contributed by atoms with Crippen LogP contribution in [0.15, 0.2) is 11.6 Å². The highest BCUT2D eigenvalue weighted by molar-refractivity contribution is 5.96. The Balaban J connectivity index is 3.21. The van der Waals surface area contributed by atoms with Gasteiger partial charge in [-0.3, -0.25) is 4.79 Å². The van der Waals surface area contributed by atoms with Gasteiger partial charge in [-0.25, -0.2) is 4.79 Å². The Hall–Kier alpha value is -1.32. The van der Waals surface area contributed by atoms with Crippen LogP contribution in [-0.2, 0) is 9.59 Å². The second-order valence-corrected chi connectivity index (χ2v) is 6.03. The van der Waals surface area contributed by atoms with Crippen LogP contribution >= 0.6 is 0 Å². The minimum atomic E-state index is -1.22. The van der Waals surface area contributed by atoms with Gasteiger partial charge in [-0.05, 0) is 31.6 Å². The zero-order chi connectivity index (χ0) is 15.9. The average Bonchev–Trinajstić information content (AvgIpc) is 2.47. The largest absolute Gasteiger partial charge is 0.481 e. The number of allylic oxidation sites excluding steroid dienone is 1. The van der Waals surface area contributed by atoms with E-state index in [-0.39, 0.29) is 11.5 Å². The average molecular weight is 296 g/mol. The van der Waals surface area contributed by atoms with Crippen LogP contribution in [0.25, 0.3) is 0 Å². The molecule has 4 heteroatoms. The Bertz CT molecular complexity index is 394. The van der Waals surface area contributed by atoms with Crippen molar-refractivity contribution in [3.63, 3.8) is 0 Å². The van der Waals surface area contributed by atoms with E-state index in [1.54, 1.807) is 13.0 Å². The Labute approximate surface area is 127 Å². The van der Waals surface area contributed by atoms with Crippen LogP contribution in [0.1, 0.15) is 71.6 Å². The summed E-state index contributed by atoms with van der Waals surface area (Å²) in [6, 6.07) is 0. The third-order valence-electron chi connectivity index (χ3n) is 4.86. The molecule has 0 spiro atoms. The van der Waals surface area contributed by atoms with E-state index < -0.39 is 17.4 Å². The molecule has 0 saturated heterocycles. The van der Waals surface area contributed by atoms with E-state index >= 15 is 0 Å². The standard InChI is InChI=1S/C17H28O4/c1-3-5-7-12-14(15(18)19)17(4-2,16(20)21)13-10-8-6-9-11-13/h12-13H,3-11H2,1-2H3,(H,18,19)(H,20,21). The zero-order valence-corrected chi connectivity index (χ0v) is 13.2. The number of hydrogen-bond donors (Lipinski definition) is 2. The molecule has 21 heavy (non-hydrogen) atoms. The van der Waals surface area contributed by atoms with Crippen LogP contribution in [0.5, 0.6) is 0 Å². The van der Waals surface area contributed by atoms with Crippen molar-refractivity contribution in [2.45, 2.75) is 71.6 Å². The molecule has 1 aliphatic rings. The minimum Gasteiger partial charge on any atom is -0.481 e. The van der Waals surface area contributed by atoms with Gasteiger partial charge in [0.1, 0.15) is 5.41 Å². The quantitative estimate of drug-likeness (QED) is 0.518. The Kier molecular flexibility index (Phi) is 6.93. The molecule has 120 valence electrons. The van der Waals surface area contributed by atoms with Crippen LogP contribution < -0.4 is 0 Å². The maximum atomic E-state index is 12.0.